The van der Waals surface area contributed by atoms with Crippen molar-refractivity contribution in [2.24, 2.45) is 5.92 Å². The number of carbonyl (C=O) groups is 1. The fourth-order valence-corrected chi connectivity index (χ4v) is 1.86. The van der Waals surface area contributed by atoms with Gasteiger partial charge in [-0.3, -0.25) is 9.78 Å². The molecule has 0 aliphatic heterocycles. The van der Waals surface area contributed by atoms with E-state index >= 15 is 0 Å². The predicted molar refractivity (Wildman–Crippen MR) is 76.3 cm³/mol. The van der Waals surface area contributed by atoms with E-state index in [2.05, 4.69) is 10.3 Å². The van der Waals surface area contributed by atoms with E-state index in [0.29, 0.717) is 12.3 Å². The van der Waals surface area contributed by atoms with Gasteiger partial charge < -0.3 is 10.4 Å². The van der Waals surface area contributed by atoms with E-state index in [1.54, 1.807) is 6.92 Å². The molecule has 1 atom stereocenters. The van der Waals surface area contributed by atoms with Gasteiger partial charge in [0.2, 0.25) is 0 Å². The van der Waals surface area contributed by atoms with Gasteiger partial charge in [-0.1, -0.05) is 13.8 Å². The molecule has 0 aliphatic carbocycles. The molecule has 2 N–H and O–H groups in total. The summed E-state index contributed by atoms with van der Waals surface area (Å²) < 4.78 is 38.5. The first kappa shape index (κ1) is 18.4. The minimum absolute atomic E-state index is 0.133. The molecule has 0 aromatic carbocycles. The Bertz CT molecular complexity index is 514. The van der Waals surface area contributed by atoms with Gasteiger partial charge >= 0.3 is 6.18 Å². The van der Waals surface area contributed by atoms with E-state index in [-0.39, 0.29) is 6.54 Å². The molecule has 0 saturated heterocycles. The average Bonchev–Trinajstić information content (AvgIpc) is 2.42. The SMILES string of the molecule is CC(C)CCC(C)(O)CNC(=O)c1ncccc1C(F)(F)F. The van der Waals surface area contributed by atoms with E-state index in [9.17, 15) is 23.1 Å². The average molecular weight is 318 g/mol. The molecule has 1 aromatic rings. The third-order valence-corrected chi connectivity index (χ3v) is 3.22. The number of halogens is 3. The van der Waals surface area contributed by atoms with E-state index in [1.807, 2.05) is 13.8 Å². The van der Waals surface area contributed by atoms with Gasteiger partial charge in [-0.25, -0.2) is 0 Å². The van der Waals surface area contributed by atoms with E-state index < -0.39 is 28.9 Å². The molecule has 22 heavy (non-hydrogen) atoms. The van der Waals surface area contributed by atoms with Gasteiger partial charge in [0.1, 0.15) is 5.69 Å². The zero-order valence-corrected chi connectivity index (χ0v) is 12.9. The van der Waals surface area contributed by atoms with Crippen LogP contribution in [0.25, 0.3) is 0 Å². The summed E-state index contributed by atoms with van der Waals surface area (Å²) in [6.07, 6.45) is -2.33. The molecule has 1 rings (SSSR count). The van der Waals surface area contributed by atoms with Crippen molar-refractivity contribution in [3.05, 3.63) is 29.6 Å². The minimum Gasteiger partial charge on any atom is -0.388 e. The molecule has 1 aromatic heterocycles. The number of aromatic nitrogens is 1. The lowest BCUT2D eigenvalue weighted by molar-refractivity contribution is -0.138. The number of alkyl halides is 3. The predicted octanol–water partition coefficient (Wildman–Crippen LogP) is 3.02. The maximum Gasteiger partial charge on any atom is 0.418 e. The van der Waals surface area contributed by atoms with E-state index in [0.717, 1.165) is 24.8 Å². The largest absolute Gasteiger partial charge is 0.418 e. The Hall–Kier alpha value is -1.63. The number of rotatable bonds is 6. The van der Waals surface area contributed by atoms with Crippen molar-refractivity contribution >= 4 is 5.91 Å². The normalized spacial score (nSPS) is 14.7. The van der Waals surface area contributed by atoms with Crippen LogP contribution in [0.3, 0.4) is 0 Å². The second-order valence-corrected chi connectivity index (χ2v) is 6.01. The molecule has 0 bridgehead atoms. The summed E-state index contributed by atoms with van der Waals surface area (Å²) in [5.74, 6) is -0.562. The van der Waals surface area contributed by atoms with Gasteiger partial charge in [0.05, 0.1) is 11.2 Å². The van der Waals surface area contributed by atoms with Crippen molar-refractivity contribution in [2.75, 3.05) is 6.54 Å². The topological polar surface area (TPSA) is 62.2 Å². The zero-order valence-electron chi connectivity index (χ0n) is 12.9. The number of aliphatic hydroxyl groups is 1. The Balaban J connectivity index is 2.75. The molecule has 0 aliphatic rings. The van der Waals surface area contributed by atoms with Crippen molar-refractivity contribution in [3.8, 4) is 0 Å². The van der Waals surface area contributed by atoms with Crippen molar-refractivity contribution in [3.63, 3.8) is 0 Å². The number of nitrogens with zero attached hydrogens (tertiary/aromatic N) is 1. The highest BCUT2D eigenvalue weighted by Crippen LogP contribution is 2.30. The molecule has 7 heteroatoms. The number of hydrogen-bond acceptors (Lipinski definition) is 3. The second-order valence-electron chi connectivity index (χ2n) is 6.01. The van der Waals surface area contributed by atoms with Gasteiger partial charge in [0, 0.05) is 12.7 Å². The fraction of sp³-hybridized carbons (Fsp3) is 0.600. The molecule has 0 fully saturated rings. The van der Waals surface area contributed by atoms with Crippen LogP contribution in [0.2, 0.25) is 0 Å². The van der Waals surface area contributed by atoms with Crippen LogP contribution in [-0.4, -0.2) is 28.1 Å². The first-order valence-corrected chi connectivity index (χ1v) is 7.06. The van der Waals surface area contributed by atoms with Crippen molar-refractivity contribution < 1.29 is 23.1 Å². The summed E-state index contributed by atoms with van der Waals surface area (Å²) in [6.45, 7) is 5.40. The minimum atomic E-state index is -4.65. The molecule has 4 nitrogen and oxygen atoms in total. The van der Waals surface area contributed by atoms with Crippen LogP contribution in [0.5, 0.6) is 0 Å². The Morgan fingerprint density at radius 1 is 1.41 bits per heavy atom. The Kier molecular flexibility index (Phi) is 5.93. The van der Waals surface area contributed by atoms with Gasteiger partial charge in [-0.05, 0) is 37.8 Å². The monoisotopic (exact) mass is 318 g/mol. The Morgan fingerprint density at radius 3 is 2.59 bits per heavy atom. The van der Waals surface area contributed by atoms with Crippen LogP contribution in [0.4, 0.5) is 13.2 Å². The summed E-state index contributed by atoms with van der Waals surface area (Å²) in [5.41, 5.74) is -2.95. The molecule has 124 valence electrons. The van der Waals surface area contributed by atoms with Crippen LogP contribution in [0.15, 0.2) is 18.3 Å². The quantitative estimate of drug-likeness (QED) is 0.847. The third-order valence-electron chi connectivity index (χ3n) is 3.22. The molecule has 1 unspecified atom stereocenters. The Morgan fingerprint density at radius 2 is 2.05 bits per heavy atom. The lowest BCUT2D eigenvalue weighted by atomic mass is 9.95. The maximum absolute atomic E-state index is 12.8. The number of hydrogen-bond donors (Lipinski definition) is 2. The number of amides is 1. The standard InChI is InChI=1S/C15H21F3N2O2/c1-10(2)6-7-14(3,22)9-20-13(21)12-11(15(16,17)18)5-4-8-19-12/h4-5,8,10,22H,6-7,9H2,1-3H3,(H,20,21). The first-order chi connectivity index (χ1) is 10.0. The smallest absolute Gasteiger partial charge is 0.388 e. The molecular formula is C15H21F3N2O2. The highest BCUT2D eigenvalue weighted by Gasteiger charge is 2.36. The van der Waals surface area contributed by atoms with Gasteiger partial charge in [-0.15, -0.1) is 0 Å². The first-order valence-electron chi connectivity index (χ1n) is 7.06. The fourth-order valence-electron chi connectivity index (χ4n) is 1.86. The highest BCUT2D eigenvalue weighted by molar-refractivity contribution is 5.93. The molecule has 1 heterocycles. The van der Waals surface area contributed by atoms with Crippen molar-refractivity contribution in [1.29, 1.82) is 0 Å². The number of nitrogens with one attached hydrogen (secondary N) is 1. The maximum atomic E-state index is 12.8. The van der Waals surface area contributed by atoms with Crippen LogP contribution in [0, 0.1) is 5.92 Å². The second kappa shape index (κ2) is 7.09. The zero-order chi connectivity index (χ0) is 17.0. The molecular weight excluding hydrogens is 297 g/mol. The van der Waals surface area contributed by atoms with E-state index in [1.165, 1.54) is 0 Å². The summed E-state index contributed by atoms with van der Waals surface area (Å²) in [6, 6.07) is 1.93. The van der Waals surface area contributed by atoms with Crippen molar-refractivity contribution in [2.45, 2.75) is 45.4 Å². The molecule has 0 spiro atoms. The summed E-state index contributed by atoms with van der Waals surface area (Å²) in [5, 5.41) is 12.5. The van der Waals surface area contributed by atoms with E-state index in [4.69, 9.17) is 0 Å². The number of carbonyl (C=O) groups excluding carboxylic acids is 1. The van der Waals surface area contributed by atoms with Crippen LogP contribution in [-0.2, 0) is 6.18 Å². The van der Waals surface area contributed by atoms with Crippen LogP contribution >= 0.6 is 0 Å². The highest BCUT2D eigenvalue weighted by atomic mass is 19.4. The lowest BCUT2D eigenvalue weighted by Crippen LogP contribution is -2.41. The summed E-state index contributed by atoms with van der Waals surface area (Å²) >= 11 is 0. The van der Waals surface area contributed by atoms with Gasteiger partial charge in [0.25, 0.3) is 5.91 Å². The van der Waals surface area contributed by atoms with Crippen molar-refractivity contribution in [1.82, 2.24) is 10.3 Å². The van der Waals surface area contributed by atoms with Crippen LogP contribution in [0.1, 0.15) is 49.7 Å². The lowest BCUT2D eigenvalue weighted by Gasteiger charge is -2.24. The Labute approximate surface area is 127 Å². The summed E-state index contributed by atoms with van der Waals surface area (Å²) in [4.78, 5) is 15.4. The van der Waals surface area contributed by atoms with Gasteiger partial charge in [-0.2, -0.15) is 13.2 Å². The van der Waals surface area contributed by atoms with Crippen LogP contribution < -0.4 is 5.32 Å². The summed E-state index contributed by atoms with van der Waals surface area (Å²) in [7, 11) is 0. The molecule has 0 radical (unpaired) electrons. The molecule has 1 amide bonds. The number of pyridine rings is 1. The van der Waals surface area contributed by atoms with Gasteiger partial charge in [0.15, 0.2) is 0 Å². The third kappa shape index (κ3) is 5.63. The molecule has 0 saturated carbocycles.